The number of nitrogens with two attached hydrogens (primary N) is 1. The van der Waals surface area contributed by atoms with Crippen LogP contribution in [-0.2, 0) is 0 Å². The second-order valence-electron chi connectivity index (χ2n) is 3.15. The fourth-order valence-electron chi connectivity index (χ4n) is 1.28. The first-order valence-corrected chi connectivity index (χ1v) is 4.77. The average Bonchev–Trinajstić information content (AvgIpc) is 2.33. The summed E-state index contributed by atoms with van der Waals surface area (Å²) in [6.07, 6.45) is 3.34. The second-order valence-corrected chi connectivity index (χ2v) is 3.15. The first-order chi connectivity index (χ1) is 7.79. The SMILES string of the molecule is COc1cc(Nc2ncccn2)ccc1N. The zero-order chi connectivity index (χ0) is 11.4. The number of methoxy groups -OCH3 is 1. The lowest BCUT2D eigenvalue weighted by atomic mass is 10.2. The van der Waals surface area contributed by atoms with Crippen molar-refractivity contribution in [1.82, 2.24) is 9.97 Å². The molecule has 0 saturated heterocycles. The van der Waals surface area contributed by atoms with Crippen LogP contribution in [0.1, 0.15) is 0 Å². The van der Waals surface area contributed by atoms with Crippen LogP contribution >= 0.6 is 0 Å². The van der Waals surface area contributed by atoms with Gasteiger partial charge in [-0.2, -0.15) is 0 Å². The largest absolute Gasteiger partial charge is 0.495 e. The Bertz CT molecular complexity index is 473. The van der Waals surface area contributed by atoms with Crippen molar-refractivity contribution >= 4 is 17.3 Å². The van der Waals surface area contributed by atoms with Crippen molar-refractivity contribution in [3.8, 4) is 5.75 Å². The van der Waals surface area contributed by atoms with Crippen LogP contribution in [0.3, 0.4) is 0 Å². The number of anilines is 3. The van der Waals surface area contributed by atoms with Gasteiger partial charge in [-0.25, -0.2) is 9.97 Å². The maximum absolute atomic E-state index is 5.71. The molecule has 0 atom stereocenters. The lowest BCUT2D eigenvalue weighted by Gasteiger charge is -2.08. The van der Waals surface area contributed by atoms with Crippen LogP contribution < -0.4 is 15.8 Å². The van der Waals surface area contributed by atoms with E-state index in [0.29, 0.717) is 17.4 Å². The molecule has 5 heteroatoms. The van der Waals surface area contributed by atoms with E-state index >= 15 is 0 Å². The highest BCUT2D eigenvalue weighted by Gasteiger charge is 2.01. The predicted octanol–water partition coefficient (Wildman–Crippen LogP) is 1.81. The summed E-state index contributed by atoms with van der Waals surface area (Å²) in [6, 6.07) is 7.17. The minimum atomic E-state index is 0.536. The molecule has 0 spiro atoms. The lowest BCUT2D eigenvalue weighted by molar-refractivity contribution is 0.417. The Hall–Kier alpha value is -2.30. The topological polar surface area (TPSA) is 73.1 Å². The van der Waals surface area contributed by atoms with E-state index in [9.17, 15) is 0 Å². The van der Waals surface area contributed by atoms with E-state index in [-0.39, 0.29) is 0 Å². The molecule has 0 bridgehead atoms. The zero-order valence-corrected chi connectivity index (χ0v) is 8.84. The molecule has 82 valence electrons. The number of nitrogen functional groups attached to an aromatic ring is 1. The number of nitrogens with one attached hydrogen (secondary N) is 1. The van der Waals surface area contributed by atoms with Crippen LogP contribution in [0.2, 0.25) is 0 Å². The fraction of sp³-hybridized carbons (Fsp3) is 0.0909. The van der Waals surface area contributed by atoms with Crippen molar-refractivity contribution in [2.75, 3.05) is 18.2 Å². The maximum Gasteiger partial charge on any atom is 0.227 e. The monoisotopic (exact) mass is 216 g/mol. The quantitative estimate of drug-likeness (QED) is 0.765. The second kappa shape index (κ2) is 4.48. The van der Waals surface area contributed by atoms with Crippen molar-refractivity contribution in [2.45, 2.75) is 0 Å². The van der Waals surface area contributed by atoms with Crippen LogP contribution in [0.4, 0.5) is 17.3 Å². The van der Waals surface area contributed by atoms with Gasteiger partial charge in [-0.3, -0.25) is 0 Å². The molecule has 0 fully saturated rings. The van der Waals surface area contributed by atoms with Gasteiger partial charge in [-0.15, -0.1) is 0 Å². The van der Waals surface area contributed by atoms with Gasteiger partial charge in [0.25, 0.3) is 0 Å². The third-order valence-electron chi connectivity index (χ3n) is 2.06. The summed E-state index contributed by atoms with van der Waals surface area (Å²) in [6.45, 7) is 0. The summed E-state index contributed by atoms with van der Waals surface area (Å²) >= 11 is 0. The third-order valence-corrected chi connectivity index (χ3v) is 2.06. The molecule has 5 nitrogen and oxygen atoms in total. The van der Waals surface area contributed by atoms with Gasteiger partial charge in [0.05, 0.1) is 12.8 Å². The molecule has 1 heterocycles. The summed E-state index contributed by atoms with van der Waals surface area (Å²) in [4.78, 5) is 8.12. The van der Waals surface area contributed by atoms with Crippen molar-refractivity contribution < 1.29 is 4.74 Å². The number of hydrogen-bond donors (Lipinski definition) is 2. The van der Waals surface area contributed by atoms with E-state index in [4.69, 9.17) is 10.5 Å². The number of rotatable bonds is 3. The molecule has 0 radical (unpaired) electrons. The number of hydrogen-bond acceptors (Lipinski definition) is 5. The van der Waals surface area contributed by atoms with Crippen LogP contribution in [0.25, 0.3) is 0 Å². The van der Waals surface area contributed by atoms with Gasteiger partial charge in [0.15, 0.2) is 0 Å². The highest BCUT2D eigenvalue weighted by Crippen LogP contribution is 2.25. The number of benzene rings is 1. The molecular formula is C11H12N4O. The number of aromatic nitrogens is 2. The first-order valence-electron chi connectivity index (χ1n) is 4.77. The number of ether oxygens (including phenoxy) is 1. The summed E-state index contributed by atoms with van der Waals surface area (Å²) in [7, 11) is 1.58. The van der Waals surface area contributed by atoms with Crippen LogP contribution in [0, 0.1) is 0 Å². The van der Waals surface area contributed by atoms with Crippen LogP contribution in [0.15, 0.2) is 36.7 Å². The molecule has 2 rings (SSSR count). The highest BCUT2D eigenvalue weighted by molar-refractivity contribution is 5.64. The summed E-state index contributed by atoms with van der Waals surface area (Å²) in [5, 5.41) is 3.05. The standard InChI is InChI=1S/C11H12N4O/c1-16-10-7-8(3-4-9(10)12)15-11-13-5-2-6-14-11/h2-7H,12H2,1H3,(H,13,14,15). The van der Waals surface area contributed by atoms with Gasteiger partial charge < -0.3 is 15.8 Å². The summed E-state index contributed by atoms with van der Waals surface area (Å²) < 4.78 is 5.12. The van der Waals surface area contributed by atoms with E-state index in [1.165, 1.54) is 0 Å². The van der Waals surface area contributed by atoms with E-state index in [1.807, 2.05) is 6.07 Å². The van der Waals surface area contributed by atoms with E-state index in [2.05, 4.69) is 15.3 Å². The van der Waals surface area contributed by atoms with Gasteiger partial charge in [-0.1, -0.05) is 0 Å². The molecule has 2 aromatic rings. The molecule has 0 aliphatic heterocycles. The smallest absolute Gasteiger partial charge is 0.227 e. The van der Waals surface area contributed by atoms with E-state index < -0.39 is 0 Å². The molecule has 0 saturated carbocycles. The van der Waals surface area contributed by atoms with Crippen molar-refractivity contribution in [3.63, 3.8) is 0 Å². The van der Waals surface area contributed by atoms with Gasteiger partial charge in [0, 0.05) is 24.1 Å². The highest BCUT2D eigenvalue weighted by atomic mass is 16.5. The molecule has 0 aliphatic carbocycles. The van der Waals surface area contributed by atoms with Gasteiger partial charge in [0.2, 0.25) is 5.95 Å². The maximum atomic E-state index is 5.71. The predicted molar refractivity (Wildman–Crippen MR) is 62.7 cm³/mol. The Morgan fingerprint density at radius 3 is 2.69 bits per heavy atom. The van der Waals surface area contributed by atoms with Crippen LogP contribution in [-0.4, -0.2) is 17.1 Å². The summed E-state index contributed by atoms with van der Waals surface area (Å²) in [5.74, 6) is 1.16. The Labute approximate surface area is 93.3 Å². The van der Waals surface area contributed by atoms with Crippen molar-refractivity contribution in [3.05, 3.63) is 36.7 Å². The lowest BCUT2D eigenvalue weighted by Crippen LogP contribution is -1.97. The van der Waals surface area contributed by atoms with Gasteiger partial charge >= 0.3 is 0 Å². The minimum Gasteiger partial charge on any atom is -0.495 e. The molecule has 0 amide bonds. The molecule has 3 N–H and O–H groups in total. The average molecular weight is 216 g/mol. The van der Waals surface area contributed by atoms with Crippen molar-refractivity contribution in [1.29, 1.82) is 0 Å². The molecule has 1 aromatic carbocycles. The number of nitrogens with zero attached hydrogens (tertiary/aromatic N) is 2. The normalized spacial score (nSPS) is 9.81. The Morgan fingerprint density at radius 1 is 1.25 bits per heavy atom. The molecule has 0 unspecified atom stereocenters. The molecule has 0 aliphatic rings. The minimum absolute atomic E-state index is 0.536. The Balaban J connectivity index is 2.22. The molecule has 1 aromatic heterocycles. The van der Waals surface area contributed by atoms with Crippen molar-refractivity contribution in [2.24, 2.45) is 0 Å². The Morgan fingerprint density at radius 2 is 2.00 bits per heavy atom. The Kier molecular flexibility index (Phi) is 2.86. The fourth-order valence-corrected chi connectivity index (χ4v) is 1.28. The summed E-state index contributed by atoms with van der Waals surface area (Å²) in [5.41, 5.74) is 7.14. The molecule has 16 heavy (non-hydrogen) atoms. The van der Waals surface area contributed by atoms with E-state index in [0.717, 1.165) is 5.69 Å². The first kappa shape index (κ1) is 10.2. The van der Waals surface area contributed by atoms with Crippen LogP contribution in [0.5, 0.6) is 5.75 Å². The van der Waals surface area contributed by atoms with E-state index in [1.54, 1.807) is 37.7 Å². The van der Waals surface area contributed by atoms with Gasteiger partial charge in [-0.05, 0) is 18.2 Å². The van der Waals surface area contributed by atoms with Gasteiger partial charge in [0.1, 0.15) is 5.75 Å². The molecular weight excluding hydrogens is 204 g/mol. The zero-order valence-electron chi connectivity index (χ0n) is 8.84. The third kappa shape index (κ3) is 2.20.